The van der Waals surface area contributed by atoms with Crippen LogP contribution < -0.4 is 15.4 Å². The Morgan fingerprint density at radius 3 is 2.34 bits per heavy atom. The lowest BCUT2D eigenvalue weighted by atomic mass is 10.1. The topological polar surface area (TPSA) is 105 Å². The number of nitrogens with one attached hydrogen (secondary N) is 2. The predicted octanol–water partition coefficient (Wildman–Crippen LogP) is 2.40. The van der Waals surface area contributed by atoms with Gasteiger partial charge in [0.1, 0.15) is 5.75 Å². The van der Waals surface area contributed by atoms with E-state index in [4.69, 9.17) is 4.74 Å². The van der Waals surface area contributed by atoms with Crippen molar-refractivity contribution in [1.29, 1.82) is 0 Å². The fraction of sp³-hybridized carbons (Fsp3) is 0.333. The van der Waals surface area contributed by atoms with E-state index < -0.39 is 5.91 Å². The molecule has 32 heavy (non-hydrogen) atoms. The van der Waals surface area contributed by atoms with E-state index in [1.165, 1.54) is 23.1 Å². The number of rotatable bonds is 10. The van der Waals surface area contributed by atoms with Gasteiger partial charge in [0.25, 0.3) is 17.7 Å². The van der Waals surface area contributed by atoms with E-state index in [-0.39, 0.29) is 42.4 Å². The third kappa shape index (κ3) is 5.51. The number of hydrogen-bond acceptors (Lipinski definition) is 5. The SMILES string of the molecule is CC(C)N1C(=O)c2ccc(C(=O)NCCNC(=O)CCCOc3ccccc3)cc2C1=O. The van der Waals surface area contributed by atoms with E-state index in [9.17, 15) is 19.2 Å². The fourth-order valence-electron chi connectivity index (χ4n) is 3.38. The molecule has 2 N–H and O–H groups in total. The lowest BCUT2D eigenvalue weighted by Crippen LogP contribution is -2.36. The maximum absolute atomic E-state index is 12.5. The summed E-state index contributed by atoms with van der Waals surface area (Å²) >= 11 is 0. The number of benzene rings is 2. The molecular formula is C24H27N3O5. The summed E-state index contributed by atoms with van der Waals surface area (Å²) in [5.41, 5.74) is 0.839. The Kier molecular flexibility index (Phi) is 7.59. The molecule has 0 saturated carbocycles. The number of hydrogen-bond donors (Lipinski definition) is 2. The lowest BCUT2D eigenvalue weighted by Gasteiger charge is -2.17. The van der Waals surface area contributed by atoms with Gasteiger partial charge in [-0.15, -0.1) is 0 Å². The van der Waals surface area contributed by atoms with Gasteiger partial charge >= 0.3 is 0 Å². The predicted molar refractivity (Wildman–Crippen MR) is 119 cm³/mol. The molecule has 1 aliphatic rings. The van der Waals surface area contributed by atoms with Gasteiger partial charge in [-0.3, -0.25) is 24.1 Å². The van der Waals surface area contributed by atoms with Gasteiger partial charge in [0.05, 0.1) is 17.7 Å². The van der Waals surface area contributed by atoms with Crippen LogP contribution in [-0.2, 0) is 4.79 Å². The van der Waals surface area contributed by atoms with Crippen molar-refractivity contribution in [2.45, 2.75) is 32.7 Å². The van der Waals surface area contributed by atoms with Gasteiger partial charge in [-0.2, -0.15) is 0 Å². The summed E-state index contributed by atoms with van der Waals surface area (Å²) < 4.78 is 5.54. The van der Waals surface area contributed by atoms with Crippen LogP contribution >= 0.6 is 0 Å². The minimum absolute atomic E-state index is 0.119. The summed E-state index contributed by atoms with van der Waals surface area (Å²) in [5, 5.41) is 5.45. The average Bonchev–Trinajstić information content (AvgIpc) is 3.04. The van der Waals surface area contributed by atoms with E-state index in [2.05, 4.69) is 10.6 Å². The number of amides is 4. The first-order chi connectivity index (χ1) is 15.4. The van der Waals surface area contributed by atoms with Crippen molar-refractivity contribution < 1.29 is 23.9 Å². The molecule has 168 valence electrons. The zero-order valence-corrected chi connectivity index (χ0v) is 18.2. The molecule has 0 spiro atoms. The van der Waals surface area contributed by atoms with Gasteiger partial charge in [-0.25, -0.2) is 0 Å². The van der Waals surface area contributed by atoms with Crippen molar-refractivity contribution in [2.75, 3.05) is 19.7 Å². The number of carbonyl (C=O) groups excluding carboxylic acids is 4. The number of para-hydroxylation sites is 1. The van der Waals surface area contributed by atoms with Crippen molar-refractivity contribution in [3.8, 4) is 5.75 Å². The Morgan fingerprint density at radius 2 is 1.62 bits per heavy atom. The molecule has 0 radical (unpaired) electrons. The van der Waals surface area contributed by atoms with Crippen LogP contribution in [0.1, 0.15) is 57.8 Å². The van der Waals surface area contributed by atoms with E-state index in [1.54, 1.807) is 13.8 Å². The molecule has 0 fully saturated rings. The van der Waals surface area contributed by atoms with Crippen molar-refractivity contribution in [1.82, 2.24) is 15.5 Å². The normalized spacial score (nSPS) is 12.7. The van der Waals surface area contributed by atoms with Crippen LogP contribution in [0, 0.1) is 0 Å². The summed E-state index contributed by atoms with van der Waals surface area (Å²) in [7, 11) is 0. The second kappa shape index (κ2) is 10.6. The Balaban J connectivity index is 1.38. The number of ether oxygens (including phenoxy) is 1. The molecular weight excluding hydrogens is 410 g/mol. The molecule has 8 nitrogen and oxygen atoms in total. The minimum atomic E-state index is -0.391. The van der Waals surface area contributed by atoms with Gasteiger partial charge in [0, 0.05) is 31.1 Å². The molecule has 8 heteroatoms. The van der Waals surface area contributed by atoms with E-state index in [0.29, 0.717) is 30.6 Å². The van der Waals surface area contributed by atoms with Gasteiger partial charge in [-0.05, 0) is 50.6 Å². The van der Waals surface area contributed by atoms with Gasteiger partial charge in [0.2, 0.25) is 5.91 Å². The molecule has 1 aliphatic heterocycles. The third-order valence-electron chi connectivity index (χ3n) is 4.99. The highest BCUT2D eigenvalue weighted by Gasteiger charge is 2.37. The molecule has 0 saturated heterocycles. The van der Waals surface area contributed by atoms with E-state index in [0.717, 1.165) is 5.75 Å². The minimum Gasteiger partial charge on any atom is -0.494 e. The average molecular weight is 437 g/mol. The molecule has 2 aromatic rings. The Hall–Kier alpha value is -3.68. The highest BCUT2D eigenvalue weighted by molar-refractivity contribution is 6.22. The molecule has 0 bridgehead atoms. The zero-order chi connectivity index (χ0) is 23.1. The maximum Gasteiger partial charge on any atom is 0.261 e. The van der Waals surface area contributed by atoms with Crippen LogP contribution in [-0.4, -0.2) is 54.3 Å². The Labute approximate surface area is 186 Å². The number of imide groups is 1. The summed E-state index contributed by atoms with van der Waals surface area (Å²) in [6, 6.07) is 13.6. The summed E-state index contributed by atoms with van der Waals surface area (Å²) in [6.07, 6.45) is 0.913. The van der Waals surface area contributed by atoms with Crippen LogP contribution in [0.4, 0.5) is 0 Å². The molecule has 4 amide bonds. The molecule has 1 heterocycles. The highest BCUT2D eigenvalue weighted by atomic mass is 16.5. The number of carbonyl (C=O) groups is 4. The molecule has 0 unspecified atom stereocenters. The van der Waals surface area contributed by atoms with Crippen LogP contribution in [0.25, 0.3) is 0 Å². The first kappa shape index (κ1) is 23.0. The Bertz CT molecular complexity index is 1000. The first-order valence-corrected chi connectivity index (χ1v) is 10.6. The Morgan fingerprint density at radius 1 is 0.938 bits per heavy atom. The smallest absolute Gasteiger partial charge is 0.261 e. The second-order valence-electron chi connectivity index (χ2n) is 7.71. The molecule has 3 rings (SSSR count). The lowest BCUT2D eigenvalue weighted by molar-refractivity contribution is -0.121. The zero-order valence-electron chi connectivity index (χ0n) is 18.2. The monoisotopic (exact) mass is 437 g/mol. The van der Waals surface area contributed by atoms with E-state index in [1.807, 2.05) is 30.3 Å². The number of fused-ring (bicyclic) bond motifs is 1. The maximum atomic E-state index is 12.5. The van der Waals surface area contributed by atoms with Crippen molar-refractivity contribution in [3.63, 3.8) is 0 Å². The summed E-state index contributed by atoms with van der Waals surface area (Å²) in [5.74, 6) is -0.458. The van der Waals surface area contributed by atoms with Crippen molar-refractivity contribution in [2.24, 2.45) is 0 Å². The van der Waals surface area contributed by atoms with Crippen LogP contribution in [0.15, 0.2) is 48.5 Å². The largest absolute Gasteiger partial charge is 0.494 e. The van der Waals surface area contributed by atoms with Crippen LogP contribution in [0.3, 0.4) is 0 Å². The standard InChI is InChI=1S/C24H27N3O5/c1-16(2)27-23(30)19-11-10-17(15-20(19)24(27)31)22(29)26-13-12-25-21(28)9-6-14-32-18-7-4-3-5-8-18/h3-5,7-8,10-11,15-16H,6,9,12-14H2,1-2H3,(H,25,28)(H,26,29). The van der Waals surface area contributed by atoms with Gasteiger partial charge < -0.3 is 15.4 Å². The highest BCUT2D eigenvalue weighted by Crippen LogP contribution is 2.25. The van der Waals surface area contributed by atoms with Gasteiger partial charge in [0.15, 0.2) is 0 Å². The van der Waals surface area contributed by atoms with Crippen molar-refractivity contribution >= 4 is 23.6 Å². The molecule has 0 aromatic heterocycles. The van der Waals surface area contributed by atoms with Gasteiger partial charge in [-0.1, -0.05) is 18.2 Å². The molecule has 0 aliphatic carbocycles. The number of nitrogens with zero attached hydrogens (tertiary/aromatic N) is 1. The van der Waals surface area contributed by atoms with Crippen LogP contribution in [0.5, 0.6) is 5.75 Å². The second-order valence-corrected chi connectivity index (χ2v) is 7.71. The first-order valence-electron chi connectivity index (χ1n) is 10.6. The third-order valence-corrected chi connectivity index (χ3v) is 4.99. The summed E-state index contributed by atoms with van der Waals surface area (Å²) in [4.78, 5) is 50.3. The van der Waals surface area contributed by atoms with E-state index >= 15 is 0 Å². The van der Waals surface area contributed by atoms with Crippen LogP contribution in [0.2, 0.25) is 0 Å². The quantitative estimate of drug-likeness (QED) is 0.439. The molecule has 0 atom stereocenters. The fourth-order valence-corrected chi connectivity index (χ4v) is 3.38. The molecule has 2 aromatic carbocycles. The van der Waals surface area contributed by atoms with Crippen molar-refractivity contribution in [3.05, 3.63) is 65.2 Å². The summed E-state index contributed by atoms with van der Waals surface area (Å²) in [6.45, 7) is 4.50.